The minimum atomic E-state index is -0.0884. The summed E-state index contributed by atoms with van der Waals surface area (Å²) in [6.45, 7) is 4.58. The molecule has 5 nitrogen and oxygen atoms in total. The molecule has 0 aliphatic carbocycles. The van der Waals surface area contributed by atoms with Gasteiger partial charge in [0, 0.05) is 12.1 Å². The predicted molar refractivity (Wildman–Crippen MR) is 86.6 cm³/mol. The lowest BCUT2D eigenvalue weighted by Gasteiger charge is -2.30. The highest BCUT2D eigenvalue weighted by atomic mass is 16.5. The summed E-state index contributed by atoms with van der Waals surface area (Å²) in [7, 11) is 0. The maximum atomic E-state index is 11.9. The van der Waals surface area contributed by atoms with Crippen LogP contribution in [-0.4, -0.2) is 35.5 Å². The van der Waals surface area contributed by atoms with Crippen LogP contribution in [-0.2, 0) is 16.1 Å². The molecule has 0 radical (unpaired) electrons. The Hall–Kier alpha value is -2.14. The van der Waals surface area contributed by atoms with Gasteiger partial charge in [0.2, 0.25) is 5.89 Å². The maximum Gasteiger partial charge on any atom is 0.310 e. The first kappa shape index (κ1) is 15.7. The first-order chi connectivity index (χ1) is 11.3. The Morgan fingerprint density at radius 1 is 1.39 bits per heavy atom. The van der Waals surface area contributed by atoms with Gasteiger partial charge < -0.3 is 9.15 Å². The van der Waals surface area contributed by atoms with E-state index >= 15 is 0 Å². The van der Waals surface area contributed by atoms with E-state index in [2.05, 4.69) is 9.88 Å². The molecule has 1 unspecified atom stereocenters. The smallest absolute Gasteiger partial charge is 0.310 e. The zero-order valence-corrected chi connectivity index (χ0v) is 13.4. The fourth-order valence-corrected chi connectivity index (χ4v) is 2.96. The van der Waals surface area contributed by atoms with Crippen molar-refractivity contribution in [1.82, 2.24) is 9.88 Å². The molecule has 1 atom stereocenters. The van der Waals surface area contributed by atoms with Crippen molar-refractivity contribution in [3.63, 3.8) is 0 Å². The molecule has 1 aliphatic rings. The van der Waals surface area contributed by atoms with Gasteiger partial charge in [0.25, 0.3) is 0 Å². The molecule has 0 bridgehead atoms. The molecule has 2 heterocycles. The fraction of sp³-hybridized carbons (Fsp3) is 0.444. The highest BCUT2D eigenvalue weighted by Gasteiger charge is 2.27. The van der Waals surface area contributed by atoms with Gasteiger partial charge in [0.15, 0.2) is 5.76 Å². The molecule has 3 rings (SSSR count). The second-order valence-electron chi connectivity index (χ2n) is 5.81. The van der Waals surface area contributed by atoms with Gasteiger partial charge in [-0.05, 0) is 26.3 Å². The van der Waals surface area contributed by atoms with Crippen LogP contribution in [0.5, 0.6) is 0 Å². The molecule has 122 valence electrons. The number of carbonyl (C=O) groups is 1. The van der Waals surface area contributed by atoms with Crippen molar-refractivity contribution >= 4 is 5.97 Å². The lowest BCUT2D eigenvalue weighted by molar-refractivity contribution is -0.150. The van der Waals surface area contributed by atoms with E-state index < -0.39 is 0 Å². The van der Waals surface area contributed by atoms with Crippen molar-refractivity contribution in [2.75, 3.05) is 19.7 Å². The topological polar surface area (TPSA) is 55.6 Å². The minimum absolute atomic E-state index is 0.0349. The molecule has 0 N–H and O–H groups in total. The Labute approximate surface area is 136 Å². The van der Waals surface area contributed by atoms with Crippen molar-refractivity contribution in [3.05, 3.63) is 42.4 Å². The molecule has 23 heavy (non-hydrogen) atoms. The number of hydrogen-bond donors (Lipinski definition) is 0. The van der Waals surface area contributed by atoms with Gasteiger partial charge in [0.05, 0.1) is 25.3 Å². The summed E-state index contributed by atoms with van der Waals surface area (Å²) in [5.74, 6) is 1.34. The van der Waals surface area contributed by atoms with Gasteiger partial charge in [-0.15, -0.1) is 0 Å². The van der Waals surface area contributed by atoms with Crippen LogP contribution in [0.1, 0.15) is 25.7 Å². The van der Waals surface area contributed by atoms with E-state index in [1.54, 1.807) is 6.20 Å². The zero-order chi connectivity index (χ0) is 16.1. The summed E-state index contributed by atoms with van der Waals surface area (Å²) in [6.07, 6.45) is 3.66. The maximum absolute atomic E-state index is 11.9. The van der Waals surface area contributed by atoms with Crippen LogP contribution >= 0.6 is 0 Å². The third kappa shape index (κ3) is 3.99. The second-order valence-corrected chi connectivity index (χ2v) is 5.81. The van der Waals surface area contributed by atoms with Crippen molar-refractivity contribution in [1.29, 1.82) is 0 Å². The normalized spacial score (nSPS) is 18.7. The first-order valence-corrected chi connectivity index (χ1v) is 8.15. The molecule has 1 fully saturated rings. The zero-order valence-electron chi connectivity index (χ0n) is 13.4. The van der Waals surface area contributed by atoms with Crippen molar-refractivity contribution in [3.8, 4) is 11.3 Å². The van der Waals surface area contributed by atoms with Gasteiger partial charge in [0.1, 0.15) is 0 Å². The lowest BCUT2D eigenvalue weighted by atomic mass is 9.98. The number of hydrogen-bond acceptors (Lipinski definition) is 5. The fourth-order valence-electron chi connectivity index (χ4n) is 2.96. The van der Waals surface area contributed by atoms with Gasteiger partial charge >= 0.3 is 5.97 Å². The first-order valence-electron chi connectivity index (χ1n) is 8.15. The van der Waals surface area contributed by atoms with Crippen molar-refractivity contribution in [2.24, 2.45) is 5.92 Å². The molecule has 5 heteroatoms. The van der Waals surface area contributed by atoms with E-state index in [4.69, 9.17) is 9.15 Å². The van der Waals surface area contributed by atoms with Crippen LogP contribution in [0.4, 0.5) is 0 Å². The molecule has 1 saturated heterocycles. The lowest BCUT2D eigenvalue weighted by Crippen LogP contribution is -2.39. The number of likely N-dealkylation sites (tertiary alicyclic amines) is 1. The van der Waals surface area contributed by atoms with Crippen LogP contribution in [0.25, 0.3) is 11.3 Å². The molecule has 1 aromatic heterocycles. The molecule has 1 aromatic carbocycles. The van der Waals surface area contributed by atoms with Crippen LogP contribution in [0, 0.1) is 5.92 Å². The average molecular weight is 314 g/mol. The number of piperidine rings is 1. The highest BCUT2D eigenvalue weighted by Crippen LogP contribution is 2.23. The number of benzene rings is 1. The standard InChI is InChI=1S/C18H22N2O3/c1-2-22-18(21)15-9-6-10-20(12-15)13-17-19-11-16(23-17)14-7-4-3-5-8-14/h3-5,7-8,11,15H,2,6,9-10,12-13H2,1H3. The molecule has 1 aliphatic heterocycles. The van der Waals surface area contributed by atoms with Crippen molar-refractivity contribution < 1.29 is 13.9 Å². The van der Waals surface area contributed by atoms with Crippen LogP contribution in [0.3, 0.4) is 0 Å². The number of oxazole rings is 1. The van der Waals surface area contributed by atoms with Crippen LogP contribution in [0.2, 0.25) is 0 Å². The van der Waals surface area contributed by atoms with Crippen LogP contribution < -0.4 is 0 Å². The van der Waals surface area contributed by atoms with E-state index in [9.17, 15) is 4.79 Å². The number of nitrogens with zero attached hydrogens (tertiary/aromatic N) is 2. The van der Waals surface area contributed by atoms with Crippen LogP contribution in [0.15, 0.2) is 40.9 Å². The average Bonchev–Trinajstić information content (AvgIpc) is 3.05. The van der Waals surface area contributed by atoms with E-state index in [0.29, 0.717) is 25.6 Å². The van der Waals surface area contributed by atoms with Gasteiger partial charge in [-0.1, -0.05) is 30.3 Å². The number of rotatable bonds is 5. The van der Waals surface area contributed by atoms with E-state index in [1.807, 2.05) is 37.3 Å². The summed E-state index contributed by atoms with van der Waals surface area (Å²) in [5, 5.41) is 0. The molecule has 2 aromatic rings. The largest absolute Gasteiger partial charge is 0.466 e. The molecule has 0 saturated carbocycles. The highest BCUT2D eigenvalue weighted by molar-refractivity contribution is 5.72. The second kappa shape index (κ2) is 7.42. The Balaban J connectivity index is 1.61. The summed E-state index contributed by atoms with van der Waals surface area (Å²) in [6, 6.07) is 9.94. The summed E-state index contributed by atoms with van der Waals surface area (Å²) in [4.78, 5) is 18.5. The summed E-state index contributed by atoms with van der Waals surface area (Å²) < 4.78 is 11.0. The molecule has 0 amide bonds. The number of carbonyl (C=O) groups excluding carboxylic acids is 1. The van der Waals surface area contributed by atoms with E-state index in [-0.39, 0.29) is 11.9 Å². The minimum Gasteiger partial charge on any atom is -0.466 e. The van der Waals surface area contributed by atoms with Gasteiger partial charge in [-0.2, -0.15) is 0 Å². The number of ether oxygens (including phenoxy) is 1. The third-order valence-corrected chi connectivity index (χ3v) is 4.10. The molecule has 0 spiro atoms. The molecular formula is C18H22N2O3. The number of aromatic nitrogens is 1. The Morgan fingerprint density at radius 3 is 3.00 bits per heavy atom. The summed E-state index contributed by atoms with van der Waals surface area (Å²) >= 11 is 0. The summed E-state index contributed by atoms with van der Waals surface area (Å²) in [5.41, 5.74) is 1.02. The van der Waals surface area contributed by atoms with Gasteiger partial charge in [-0.25, -0.2) is 4.98 Å². The predicted octanol–water partition coefficient (Wildman–Crippen LogP) is 3.12. The van der Waals surface area contributed by atoms with Crippen molar-refractivity contribution in [2.45, 2.75) is 26.3 Å². The third-order valence-electron chi connectivity index (χ3n) is 4.10. The van der Waals surface area contributed by atoms with E-state index in [1.165, 1.54) is 0 Å². The molecular weight excluding hydrogens is 292 g/mol. The monoisotopic (exact) mass is 314 g/mol. The Bertz CT molecular complexity index is 639. The van der Waals surface area contributed by atoms with Gasteiger partial charge in [-0.3, -0.25) is 9.69 Å². The SMILES string of the molecule is CCOC(=O)C1CCCN(Cc2ncc(-c3ccccc3)o2)C1. The Morgan fingerprint density at radius 2 is 2.22 bits per heavy atom. The van der Waals surface area contributed by atoms with E-state index in [0.717, 1.165) is 30.7 Å². The number of esters is 1. The Kier molecular flexibility index (Phi) is 5.08. The quantitative estimate of drug-likeness (QED) is 0.794.